The molecule has 1 aliphatic rings. The number of hydrogen-bond donors (Lipinski definition) is 3. The molecule has 4 rings (SSSR count). The number of ether oxygens (including phenoxy) is 1. The van der Waals surface area contributed by atoms with Gasteiger partial charge in [-0.3, -0.25) is 4.79 Å². The first-order chi connectivity index (χ1) is 13.6. The third-order valence-electron chi connectivity index (χ3n) is 5.20. The molecule has 28 heavy (non-hydrogen) atoms. The van der Waals surface area contributed by atoms with Crippen molar-refractivity contribution in [3.05, 3.63) is 71.4 Å². The van der Waals surface area contributed by atoms with Gasteiger partial charge in [0.05, 0.1) is 19.1 Å². The van der Waals surface area contributed by atoms with Crippen LogP contribution in [0.15, 0.2) is 54.7 Å². The van der Waals surface area contributed by atoms with Gasteiger partial charge in [0.25, 0.3) is 0 Å². The second-order valence-corrected chi connectivity index (χ2v) is 7.03. The van der Waals surface area contributed by atoms with E-state index in [1.165, 1.54) is 5.56 Å². The molecule has 0 unspecified atom stereocenters. The van der Waals surface area contributed by atoms with E-state index in [1.54, 1.807) is 6.20 Å². The van der Waals surface area contributed by atoms with Gasteiger partial charge in [-0.15, -0.1) is 0 Å². The van der Waals surface area contributed by atoms with Gasteiger partial charge in [0.1, 0.15) is 6.04 Å². The van der Waals surface area contributed by atoms with Crippen LogP contribution in [0.3, 0.4) is 0 Å². The van der Waals surface area contributed by atoms with Gasteiger partial charge in [-0.1, -0.05) is 42.5 Å². The lowest BCUT2D eigenvalue weighted by atomic mass is 9.95. The molecule has 6 nitrogen and oxygen atoms in total. The summed E-state index contributed by atoms with van der Waals surface area (Å²) in [6, 6.07) is 14.6. The van der Waals surface area contributed by atoms with E-state index in [2.05, 4.69) is 10.3 Å². The van der Waals surface area contributed by atoms with E-state index in [1.807, 2.05) is 48.5 Å². The first kappa shape index (κ1) is 18.3. The minimum absolute atomic E-state index is 0.106. The van der Waals surface area contributed by atoms with Crippen LogP contribution in [0.2, 0.25) is 0 Å². The first-order valence-corrected chi connectivity index (χ1v) is 9.38. The van der Waals surface area contributed by atoms with Crippen LogP contribution in [0, 0.1) is 0 Å². The van der Waals surface area contributed by atoms with E-state index in [-0.39, 0.29) is 24.9 Å². The summed E-state index contributed by atoms with van der Waals surface area (Å²) in [7, 11) is 0. The van der Waals surface area contributed by atoms with Crippen molar-refractivity contribution in [1.82, 2.24) is 10.3 Å². The number of benzene rings is 2. The normalized spacial score (nSPS) is 17.1. The van der Waals surface area contributed by atoms with E-state index >= 15 is 0 Å². The van der Waals surface area contributed by atoms with Gasteiger partial charge in [-0.25, -0.2) is 4.79 Å². The Kier molecular flexibility index (Phi) is 5.12. The van der Waals surface area contributed by atoms with Crippen LogP contribution in [0.5, 0.6) is 0 Å². The van der Waals surface area contributed by atoms with Gasteiger partial charge < -0.3 is 20.1 Å². The molecule has 1 aliphatic heterocycles. The van der Waals surface area contributed by atoms with E-state index in [4.69, 9.17) is 4.74 Å². The molecule has 0 bridgehead atoms. The lowest BCUT2D eigenvalue weighted by Gasteiger charge is -2.26. The predicted octanol–water partition coefficient (Wildman–Crippen LogP) is 2.98. The molecule has 2 atom stereocenters. The number of para-hydroxylation sites is 1. The number of carbonyl (C=O) groups is 2. The topological polar surface area (TPSA) is 91.4 Å². The Balaban J connectivity index is 1.45. The van der Waals surface area contributed by atoms with Crippen LogP contribution in [-0.2, 0) is 27.2 Å². The van der Waals surface area contributed by atoms with Gasteiger partial charge in [0.2, 0.25) is 5.91 Å². The summed E-state index contributed by atoms with van der Waals surface area (Å²) in [6.45, 7) is 0.562. The average molecular weight is 378 g/mol. The molecule has 6 heteroatoms. The summed E-state index contributed by atoms with van der Waals surface area (Å²) in [5.41, 5.74) is 4.00. The molecule has 2 aromatic carbocycles. The van der Waals surface area contributed by atoms with Crippen LogP contribution in [-0.4, -0.2) is 34.6 Å². The van der Waals surface area contributed by atoms with Crippen LogP contribution >= 0.6 is 0 Å². The zero-order chi connectivity index (χ0) is 19.5. The minimum atomic E-state index is -1.05. The monoisotopic (exact) mass is 378 g/mol. The predicted molar refractivity (Wildman–Crippen MR) is 105 cm³/mol. The Hall–Kier alpha value is -3.12. The lowest BCUT2D eigenvalue weighted by molar-refractivity contribution is -0.142. The summed E-state index contributed by atoms with van der Waals surface area (Å²) in [5, 5.41) is 13.2. The van der Waals surface area contributed by atoms with Crippen molar-refractivity contribution in [3.8, 4) is 0 Å². The molecule has 0 spiro atoms. The van der Waals surface area contributed by atoms with E-state index < -0.39 is 12.0 Å². The van der Waals surface area contributed by atoms with Crippen molar-refractivity contribution in [2.45, 2.75) is 31.4 Å². The number of aromatic amines is 1. The third kappa shape index (κ3) is 3.77. The van der Waals surface area contributed by atoms with Gasteiger partial charge in [-0.2, -0.15) is 0 Å². The maximum Gasteiger partial charge on any atom is 0.326 e. The number of carboxylic acids is 1. The highest BCUT2D eigenvalue weighted by molar-refractivity contribution is 5.86. The van der Waals surface area contributed by atoms with Gasteiger partial charge in [0, 0.05) is 23.5 Å². The number of aromatic nitrogens is 1. The third-order valence-corrected chi connectivity index (χ3v) is 5.20. The second-order valence-electron chi connectivity index (χ2n) is 7.03. The molecular formula is C22H22N2O4. The van der Waals surface area contributed by atoms with E-state index in [0.29, 0.717) is 6.61 Å². The van der Waals surface area contributed by atoms with Crippen LogP contribution in [0.25, 0.3) is 10.9 Å². The molecule has 3 aromatic rings. The molecule has 0 saturated heterocycles. The first-order valence-electron chi connectivity index (χ1n) is 9.38. The Morgan fingerprint density at radius 2 is 1.96 bits per heavy atom. The van der Waals surface area contributed by atoms with Gasteiger partial charge in [0.15, 0.2) is 0 Å². The summed E-state index contributed by atoms with van der Waals surface area (Å²) in [5.74, 6) is -1.38. The number of carboxylic acid groups (broad SMARTS) is 1. The van der Waals surface area contributed by atoms with Crippen molar-refractivity contribution >= 4 is 22.8 Å². The maximum absolute atomic E-state index is 12.6. The highest BCUT2D eigenvalue weighted by atomic mass is 16.5. The fourth-order valence-electron chi connectivity index (χ4n) is 3.79. The van der Waals surface area contributed by atoms with Crippen LogP contribution < -0.4 is 5.32 Å². The number of H-pyrrole nitrogens is 1. The summed E-state index contributed by atoms with van der Waals surface area (Å²) < 4.78 is 5.77. The molecule has 0 aliphatic carbocycles. The second kappa shape index (κ2) is 7.86. The molecule has 0 fully saturated rings. The number of aliphatic carboxylic acids is 1. The highest BCUT2D eigenvalue weighted by Crippen LogP contribution is 2.29. The van der Waals surface area contributed by atoms with Gasteiger partial charge in [-0.05, 0) is 29.2 Å². The highest BCUT2D eigenvalue weighted by Gasteiger charge is 2.26. The lowest BCUT2D eigenvalue weighted by Crippen LogP contribution is -2.43. The fraction of sp³-hybridized carbons (Fsp3) is 0.273. The average Bonchev–Trinajstić information content (AvgIpc) is 3.11. The number of hydrogen-bond acceptors (Lipinski definition) is 3. The molecule has 3 N–H and O–H groups in total. The molecule has 1 aromatic heterocycles. The Labute approximate surface area is 162 Å². The van der Waals surface area contributed by atoms with E-state index in [0.717, 1.165) is 28.5 Å². The van der Waals surface area contributed by atoms with Crippen molar-refractivity contribution in [2.75, 3.05) is 6.61 Å². The summed E-state index contributed by atoms with van der Waals surface area (Å²) in [4.78, 5) is 27.4. The van der Waals surface area contributed by atoms with Crippen LogP contribution in [0.4, 0.5) is 0 Å². The molecule has 2 heterocycles. The fourth-order valence-corrected chi connectivity index (χ4v) is 3.79. The van der Waals surface area contributed by atoms with E-state index in [9.17, 15) is 14.7 Å². The summed E-state index contributed by atoms with van der Waals surface area (Å²) >= 11 is 0. The number of rotatable bonds is 6. The largest absolute Gasteiger partial charge is 0.480 e. The standard InChI is InChI=1S/C22H22N2O4/c25-21(12-20-17-7-2-1-5-14(17)9-10-28-20)24-19(22(26)27)11-15-13-23-18-8-4-3-6-16(15)18/h1-8,13,19-20,23H,9-12H2,(H,24,25)(H,26,27)/t19-,20+/m1/s1. The maximum atomic E-state index is 12.6. The Bertz CT molecular complexity index is 1010. The van der Waals surface area contributed by atoms with Crippen molar-refractivity contribution < 1.29 is 19.4 Å². The Morgan fingerprint density at radius 1 is 1.18 bits per heavy atom. The van der Waals surface area contributed by atoms with Crippen molar-refractivity contribution in [2.24, 2.45) is 0 Å². The molecule has 0 saturated carbocycles. The zero-order valence-electron chi connectivity index (χ0n) is 15.4. The smallest absolute Gasteiger partial charge is 0.326 e. The number of fused-ring (bicyclic) bond motifs is 2. The van der Waals surface area contributed by atoms with Gasteiger partial charge >= 0.3 is 5.97 Å². The van der Waals surface area contributed by atoms with Crippen molar-refractivity contribution in [1.29, 1.82) is 0 Å². The minimum Gasteiger partial charge on any atom is -0.480 e. The SMILES string of the molecule is O=C(C[C@@H]1OCCc2ccccc21)N[C@H](Cc1c[nH]c2ccccc12)C(=O)O. The van der Waals surface area contributed by atoms with Crippen LogP contribution in [0.1, 0.15) is 29.2 Å². The molecule has 144 valence electrons. The number of carbonyl (C=O) groups excluding carboxylic acids is 1. The van der Waals surface area contributed by atoms with Crippen molar-refractivity contribution in [3.63, 3.8) is 0 Å². The summed E-state index contributed by atoms with van der Waals surface area (Å²) in [6.07, 6.45) is 2.61. The molecule has 1 amide bonds. The number of amides is 1. The number of nitrogens with one attached hydrogen (secondary N) is 2. The molecule has 0 radical (unpaired) electrons. The Morgan fingerprint density at radius 3 is 2.82 bits per heavy atom. The quantitative estimate of drug-likeness (QED) is 0.615. The zero-order valence-corrected chi connectivity index (χ0v) is 15.4. The molecular weight excluding hydrogens is 356 g/mol.